The number of rotatable bonds is 0. The molecule has 0 fully saturated rings. The number of benzene rings is 1. The summed E-state index contributed by atoms with van der Waals surface area (Å²) in [5.74, 6) is -1.24. The Labute approximate surface area is 74.2 Å². The minimum absolute atomic E-state index is 0.704. The summed E-state index contributed by atoms with van der Waals surface area (Å²) >= 11 is 0. The van der Waals surface area contributed by atoms with Gasteiger partial charge in [-0.25, -0.2) is 4.39 Å². The van der Waals surface area contributed by atoms with Crippen LogP contribution in [0.3, 0.4) is 0 Å². The molecule has 0 nitrogen and oxygen atoms in total. The smallest absolute Gasteiger partial charge is 0.206 e. The molecule has 1 rings (SSSR count). The number of hydrogen-bond donors (Lipinski definition) is 0. The first kappa shape index (κ1) is 11.9. The van der Waals surface area contributed by atoms with Gasteiger partial charge in [-0.3, -0.25) is 0 Å². The zero-order valence-corrected chi connectivity index (χ0v) is 7.32. The quantitative estimate of drug-likeness (QED) is 0.550. The fraction of sp³-hybridized carbons (Fsp3) is 0.333. The molecular formula is C9H10F4. The molecule has 74 valence electrons. The highest BCUT2D eigenvalue weighted by atomic mass is 19.4. The second-order valence-electron chi connectivity index (χ2n) is 1.98. The first-order valence-electron chi connectivity index (χ1n) is 3.83. The maximum atomic E-state index is 12.4. The summed E-state index contributed by atoms with van der Waals surface area (Å²) < 4.78 is 47.8. The van der Waals surface area contributed by atoms with Gasteiger partial charge in [0.05, 0.1) is 5.56 Å². The zero-order valence-electron chi connectivity index (χ0n) is 7.32. The van der Waals surface area contributed by atoms with Crippen LogP contribution in [0.5, 0.6) is 0 Å². The molecule has 13 heavy (non-hydrogen) atoms. The number of halogens is 4. The summed E-state index contributed by atoms with van der Waals surface area (Å²) in [5, 5.41) is 0. The lowest BCUT2D eigenvalue weighted by atomic mass is 10.2. The molecule has 0 aliphatic carbocycles. The van der Waals surface area contributed by atoms with Gasteiger partial charge in [-0.15, -0.1) is 0 Å². The van der Waals surface area contributed by atoms with E-state index in [9.17, 15) is 17.6 Å². The minimum atomic E-state index is -4.59. The van der Waals surface area contributed by atoms with Crippen LogP contribution in [0.15, 0.2) is 24.3 Å². The Kier molecular flexibility index (Phi) is 4.45. The van der Waals surface area contributed by atoms with E-state index in [1.54, 1.807) is 0 Å². The Hall–Kier alpha value is -1.06. The number of alkyl halides is 3. The molecule has 0 spiro atoms. The maximum absolute atomic E-state index is 12.4. The zero-order chi connectivity index (χ0) is 10.5. The molecular weight excluding hydrogens is 184 g/mol. The number of hydrogen-bond acceptors (Lipinski definition) is 0. The lowest BCUT2D eigenvalue weighted by Gasteiger charge is -2.05. The van der Waals surface area contributed by atoms with Crippen LogP contribution in [-0.2, 0) is 6.18 Å². The molecule has 0 aromatic heterocycles. The highest BCUT2D eigenvalue weighted by Gasteiger charge is 2.33. The first-order chi connectivity index (χ1) is 6.02. The molecule has 0 aliphatic heterocycles. The minimum Gasteiger partial charge on any atom is -0.206 e. The molecule has 0 saturated carbocycles. The maximum Gasteiger partial charge on any atom is 0.419 e. The molecule has 0 radical (unpaired) electrons. The van der Waals surface area contributed by atoms with Crippen molar-refractivity contribution in [1.82, 2.24) is 0 Å². The van der Waals surface area contributed by atoms with E-state index >= 15 is 0 Å². The summed E-state index contributed by atoms with van der Waals surface area (Å²) in [6, 6.07) is 3.84. The lowest BCUT2D eigenvalue weighted by Crippen LogP contribution is -2.07. The molecule has 0 bridgehead atoms. The first-order valence-corrected chi connectivity index (χ1v) is 3.83. The third-order valence-corrected chi connectivity index (χ3v) is 1.18. The van der Waals surface area contributed by atoms with Crippen molar-refractivity contribution < 1.29 is 17.6 Å². The van der Waals surface area contributed by atoms with Crippen molar-refractivity contribution in [3.8, 4) is 0 Å². The van der Waals surface area contributed by atoms with Crippen molar-refractivity contribution in [2.45, 2.75) is 20.0 Å². The molecule has 0 atom stereocenters. The summed E-state index contributed by atoms with van der Waals surface area (Å²) in [6.07, 6.45) is -4.59. The van der Waals surface area contributed by atoms with Gasteiger partial charge in [-0.1, -0.05) is 26.0 Å². The fourth-order valence-corrected chi connectivity index (χ4v) is 0.691. The monoisotopic (exact) mass is 194 g/mol. The summed E-state index contributed by atoms with van der Waals surface area (Å²) in [6.45, 7) is 4.00. The van der Waals surface area contributed by atoms with Crippen LogP contribution >= 0.6 is 0 Å². The van der Waals surface area contributed by atoms with E-state index in [-0.39, 0.29) is 0 Å². The van der Waals surface area contributed by atoms with Crippen LogP contribution in [0.4, 0.5) is 17.6 Å². The molecule has 4 heteroatoms. The average molecular weight is 194 g/mol. The van der Waals surface area contributed by atoms with Crippen LogP contribution < -0.4 is 0 Å². The Morgan fingerprint density at radius 3 is 1.77 bits per heavy atom. The van der Waals surface area contributed by atoms with Crippen molar-refractivity contribution in [3.63, 3.8) is 0 Å². The van der Waals surface area contributed by atoms with E-state index in [0.29, 0.717) is 6.07 Å². The molecule has 0 saturated heterocycles. The van der Waals surface area contributed by atoms with Crippen molar-refractivity contribution in [2.75, 3.05) is 0 Å². The predicted molar refractivity (Wildman–Crippen MR) is 42.8 cm³/mol. The van der Waals surface area contributed by atoms with Gasteiger partial charge in [0.15, 0.2) is 0 Å². The summed E-state index contributed by atoms with van der Waals surface area (Å²) in [5.41, 5.74) is -1.22. The Bertz CT molecular complexity index is 252. The van der Waals surface area contributed by atoms with Gasteiger partial charge in [-0.2, -0.15) is 13.2 Å². The van der Waals surface area contributed by atoms with E-state index in [1.165, 1.54) is 6.07 Å². The normalized spacial score (nSPS) is 10.3. The van der Waals surface area contributed by atoms with E-state index in [1.807, 2.05) is 13.8 Å². The van der Waals surface area contributed by atoms with Crippen LogP contribution in [-0.4, -0.2) is 0 Å². The van der Waals surface area contributed by atoms with Gasteiger partial charge in [0.25, 0.3) is 0 Å². The van der Waals surface area contributed by atoms with Crippen molar-refractivity contribution in [2.24, 2.45) is 0 Å². The molecule has 1 aromatic rings. The average Bonchev–Trinajstić information content (AvgIpc) is 2.07. The third kappa shape index (κ3) is 3.44. The van der Waals surface area contributed by atoms with Gasteiger partial charge in [-0.05, 0) is 12.1 Å². The standard InChI is InChI=1S/C7H4F4.C2H6/c8-6-4-2-1-3-5(6)7(9,10)11;1-2/h1-4H;1-2H3. The largest absolute Gasteiger partial charge is 0.419 e. The Morgan fingerprint density at radius 2 is 1.46 bits per heavy atom. The SMILES string of the molecule is CC.Fc1ccccc1C(F)(F)F. The molecule has 0 N–H and O–H groups in total. The van der Waals surface area contributed by atoms with E-state index < -0.39 is 17.6 Å². The molecule has 0 aliphatic rings. The van der Waals surface area contributed by atoms with Gasteiger partial charge in [0, 0.05) is 0 Å². The van der Waals surface area contributed by atoms with Crippen molar-refractivity contribution >= 4 is 0 Å². The molecule has 1 aromatic carbocycles. The highest BCUT2D eigenvalue weighted by molar-refractivity contribution is 5.19. The second-order valence-corrected chi connectivity index (χ2v) is 1.98. The molecule has 0 amide bonds. The van der Waals surface area contributed by atoms with Gasteiger partial charge < -0.3 is 0 Å². The van der Waals surface area contributed by atoms with Crippen LogP contribution in [0.1, 0.15) is 19.4 Å². The predicted octanol–water partition coefficient (Wildman–Crippen LogP) is 3.87. The summed E-state index contributed by atoms with van der Waals surface area (Å²) in [4.78, 5) is 0. The van der Waals surface area contributed by atoms with E-state index in [4.69, 9.17) is 0 Å². The second kappa shape index (κ2) is 4.84. The third-order valence-electron chi connectivity index (χ3n) is 1.18. The topological polar surface area (TPSA) is 0 Å². The Morgan fingerprint density at radius 1 is 1.00 bits per heavy atom. The van der Waals surface area contributed by atoms with Crippen LogP contribution in [0.2, 0.25) is 0 Å². The van der Waals surface area contributed by atoms with Crippen LogP contribution in [0, 0.1) is 5.82 Å². The fourth-order valence-electron chi connectivity index (χ4n) is 0.691. The lowest BCUT2D eigenvalue weighted by molar-refractivity contribution is -0.140. The van der Waals surface area contributed by atoms with Gasteiger partial charge in [0.1, 0.15) is 5.82 Å². The van der Waals surface area contributed by atoms with Crippen molar-refractivity contribution in [1.29, 1.82) is 0 Å². The van der Waals surface area contributed by atoms with Gasteiger partial charge >= 0.3 is 6.18 Å². The summed E-state index contributed by atoms with van der Waals surface area (Å²) in [7, 11) is 0. The van der Waals surface area contributed by atoms with Crippen molar-refractivity contribution in [3.05, 3.63) is 35.6 Å². The van der Waals surface area contributed by atoms with Crippen LogP contribution in [0.25, 0.3) is 0 Å². The molecule has 0 unspecified atom stereocenters. The van der Waals surface area contributed by atoms with E-state index in [2.05, 4.69) is 0 Å². The van der Waals surface area contributed by atoms with Gasteiger partial charge in [0.2, 0.25) is 0 Å². The molecule has 0 heterocycles. The van der Waals surface area contributed by atoms with E-state index in [0.717, 1.165) is 12.1 Å². The Balaban J connectivity index is 0.000000671. The highest BCUT2D eigenvalue weighted by Crippen LogP contribution is 2.30.